The molecule has 6 heteroatoms. The van der Waals surface area contributed by atoms with E-state index in [1.165, 1.54) is 36.8 Å². The summed E-state index contributed by atoms with van der Waals surface area (Å²) in [6.45, 7) is 1.30. The molecule has 136 valence electrons. The van der Waals surface area contributed by atoms with Crippen molar-refractivity contribution in [3.05, 3.63) is 65.7 Å². The van der Waals surface area contributed by atoms with Gasteiger partial charge >= 0.3 is 5.97 Å². The molecule has 0 heterocycles. The Bertz CT molecular complexity index is 757. The minimum atomic E-state index is -0.737. The minimum absolute atomic E-state index is 0.350. The maximum absolute atomic E-state index is 12.3. The van der Waals surface area contributed by atoms with Gasteiger partial charge in [-0.25, -0.2) is 0 Å². The van der Waals surface area contributed by atoms with Crippen LogP contribution in [-0.2, 0) is 16.0 Å². The van der Waals surface area contributed by atoms with E-state index in [2.05, 4.69) is 5.32 Å². The van der Waals surface area contributed by atoms with Gasteiger partial charge in [-0.2, -0.15) is 0 Å². The molecule has 0 radical (unpaired) electrons. The van der Waals surface area contributed by atoms with E-state index in [0.29, 0.717) is 17.7 Å². The van der Waals surface area contributed by atoms with Crippen molar-refractivity contribution in [1.29, 1.82) is 0 Å². The van der Waals surface area contributed by atoms with Crippen molar-refractivity contribution in [1.82, 2.24) is 5.32 Å². The van der Waals surface area contributed by atoms with Gasteiger partial charge in [0.1, 0.15) is 11.8 Å². The number of rotatable bonds is 8. The topological polar surface area (TPSA) is 98.5 Å². The van der Waals surface area contributed by atoms with Crippen molar-refractivity contribution >= 4 is 17.8 Å². The summed E-state index contributed by atoms with van der Waals surface area (Å²) in [5.41, 5.74) is 6.94. The van der Waals surface area contributed by atoms with Crippen LogP contribution in [-0.4, -0.2) is 23.8 Å². The van der Waals surface area contributed by atoms with E-state index >= 15 is 0 Å². The third-order valence-corrected chi connectivity index (χ3v) is 3.83. The van der Waals surface area contributed by atoms with Gasteiger partial charge in [0, 0.05) is 12.5 Å². The maximum Gasteiger partial charge on any atom is 0.308 e. The van der Waals surface area contributed by atoms with Crippen LogP contribution in [0.2, 0.25) is 0 Å². The Hall–Kier alpha value is -3.15. The van der Waals surface area contributed by atoms with Crippen molar-refractivity contribution in [2.75, 3.05) is 0 Å². The summed E-state index contributed by atoms with van der Waals surface area (Å²) in [5, 5.41) is 2.66. The first-order valence-corrected chi connectivity index (χ1v) is 8.38. The first-order valence-electron chi connectivity index (χ1n) is 8.38. The summed E-state index contributed by atoms with van der Waals surface area (Å²) in [6.07, 6.45) is 1.99. The van der Waals surface area contributed by atoms with Crippen LogP contribution in [0.5, 0.6) is 5.75 Å². The fourth-order valence-corrected chi connectivity index (χ4v) is 2.52. The van der Waals surface area contributed by atoms with Crippen LogP contribution >= 0.6 is 0 Å². The molecular weight excluding hydrogens is 332 g/mol. The van der Waals surface area contributed by atoms with Gasteiger partial charge in [-0.05, 0) is 49.1 Å². The Morgan fingerprint density at radius 2 is 1.69 bits per heavy atom. The molecule has 6 nitrogen and oxygen atoms in total. The lowest BCUT2D eigenvalue weighted by Gasteiger charge is -2.15. The van der Waals surface area contributed by atoms with Gasteiger partial charge in [0.2, 0.25) is 5.91 Å². The first-order chi connectivity index (χ1) is 12.5. The Balaban J connectivity index is 1.90. The van der Waals surface area contributed by atoms with Crippen molar-refractivity contribution in [3.63, 3.8) is 0 Å². The maximum atomic E-state index is 12.3. The molecular formula is C20H22N2O4. The average Bonchev–Trinajstić information content (AvgIpc) is 2.61. The van der Waals surface area contributed by atoms with Crippen LogP contribution in [0.4, 0.5) is 0 Å². The molecule has 2 rings (SSSR count). The highest BCUT2D eigenvalue weighted by Gasteiger charge is 2.18. The first kappa shape index (κ1) is 19.2. The second-order valence-corrected chi connectivity index (χ2v) is 5.92. The van der Waals surface area contributed by atoms with Gasteiger partial charge in [0.15, 0.2) is 0 Å². The number of esters is 1. The number of amides is 2. The predicted octanol–water partition coefficient (Wildman–Crippen LogP) is 2.22. The molecule has 0 aliphatic heterocycles. The van der Waals surface area contributed by atoms with Crippen LogP contribution in [0.15, 0.2) is 54.6 Å². The molecule has 2 aromatic rings. The molecule has 2 amide bonds. The van der Waals surface area contributed by atoms with Crippen LogP contribution < -0.4 is 15.8 Å². The molecule has 3 N–H and O–H groups in total. The Morgan fingerprint density at radius 3 is 2.27 bits per heavy atom. The highest BCUT2D eigenvalue weighted by atomic mass is 16.5. The van der Waals surface area contributed by atoms with Gasteiger partial charge in [0.25, 0.3) is 5.91 Å². The van der Waals surface area contributed by atoms with Gasteiger partial charge in [-0.1, -0.05) is 30.3 Å². The number of hydrogen-bond donors (Lipinski definition) is 2. The highest BCUT2D eigenvalue weighted by molar-refractivity contribution is 5.97. The molecule has 26 heavy (non-hydrogen) atoms. The molecule has 1 atom stereocenters. The highest BCUT2D eigenvalue weighted by Crippen LogP contribution is 2.13. The molecule has 0 aromatic heterocycles. The lowest BCUT2D eigenvalue weighted by atomic mass is 10.0. The zero-order valence-corrected chi connectivity index (χ0v) is 14.6. The summed E-state index contributed by atoms with van der Waals surface area (Å²) >= 11 is 0. The molecule has 0 saturated heterocycles. The number of nitrogens with one attached hydrogen (secondary N) is 1. The smallest absolute Gasteiger partial charge is 0.308 e. The standard InChI is InChI=1S/C20H22N2O4/c1-14(23)26-17-12-10-16(11-13-17)20(25)22-18(19(21)24)9-5-8-15-6-3-2-4-7-15/h2-4,6-7,10-13,18H,5,8-9H2,1H3,(H2,21,24)(H,22,25)/t18-/m0/s1. The molecule has 2 aromatic carbocycles. The van der Waals surface area contributed by atoms with E-state index in [1.54, 1.807) is 0 Å². The van der Waals surface area contributed by atoms with Crippen molar-refractivity contribution < 1.29 is 19.1 Å². The van der Waals surface area contributed by atoms with E-state index in [9.17, 15) is 14.4 Å². The number of nitrogens with two attached hydrogens (primary N) is 1. The quantitative estimate of drug-likeness (QED) is 0.561. The number of carbonyl (C=O) groups excluding carboxylic acids is 3. The van der Waals surface area contributed by atoms with Crippen LogP contribution in [0.3, 0.4) is 0 Å². The summed E-state index contributed by atoms with van der Waals surface area (Å²) < 4.78 is 4.92. The SMILES string of the molecule is CC(=O)Oc1ccc(C(=O)N[C@@H](CCCc2ccccc2)C(N)=O)cc1. The summed E-state index contributed by atoms with van der Waals surface area (Å²) in [7, 11) is 0. The zero-order valence-electron chi connectivity index (χ0n) is 14.6. The van der Waals surface area contributed by atoms with E-state index in [-0.39, 0.29) is 0 Å². The number of carbonyl (C=O) groups is 3. The third kappa shape index (κ3) is 6.05. The third-order valence-electron chi connectivity index (χ3n) is 3.83. The molecule has 0 fully saturated rings. The summed E-state index contributed by atoms with van der Waals surface area (Å²) in [4.78, 5) is 34.8. The van der Waals surface area contributed by atoms with Crippen molar-refractivity contribution in [2.24, 2.45) is 5.73 Å². The second-order valence-electron chi connectivity index (χ2n) is 5.92. The van der Waals surface area contributed by atoms with E-state index in [4.69, 9.17) is 10.5 Å². The lowest BCUT2D eigenvalue weighted by Crippen LogP contribution is -2.44. The molecule has 0 bridgehead atoms. The Kier molecular flexibility index (Phi) is 6.91. The van der Waals surface area contributed by atoms with Crippen LogP contribution in [0, 0.1) is 0 Å². The Labute approximate surface area is 152 Å². The molecule has 0 saturated carbocycles. The van der Waals surface area contributed by atoms with Gasteiger partial charge in [0.05, 0.1) is 0 Å². The largest absolute Gasteiger partial charge is 0.427 e. The minimum Gasteiger partial charge on any atom is -0.427 e. The number of ether oxygens (including phenoxy) is 1. The number of primary amides is 1. The van der Waals surface area contributed by atoms with E-state index in [0.717, 1.165) is 12.8 Å². The van der Waals surface area contributed by atoms with E-state index < -0.39 is 23.8 Å². The van der Waals surface area contributed by atoms with Crippen LogP contribution in [0.1, 0.15) is 35.7 Å². The monoisotopic (exact) mass is 354 g/mol. The van der Waals surface area contributed by atoms with Crippen LogP contribution in [0.25, 0.3) is 0 Å². The number of hydrogen-bond acceptors (Lipinski definition) is 4. The van der Waals surface area contributed by atoms with Gasteiger partial charge < -0.3 is 15.8 Å². The molecule has 0 aliphatic rings. The average molecular weight is 354 g/mol. The zero-order chi connectivity index (χ0) is 18.9. The van der Waals surface area contributed by atoms with Gasteiger partial charge in [-0.15, -0.1) is 0 Å². The fourth-order valence-electron chi connectivity index (χ4n) is 2.52. The predicted molar refractivity (Wildman–Crippen MR) is 97.6 cm³/mol. The molecule has 0 spiro atoms. The number of aryl methyl sites for hydroxylation is 1. The summed E-state index contributed by atoms with van der Waals surface area (Å²) in [5.74, 6) is -1.05. The fraction of sp³-hybridized carbons (Fsp3) is 0.250. The van der Waals surface area contributed by atoms with Gasteiger partial charge in [-0.3, -0.25) is 14.4 Å². The Morgan fingerprint density at radius 1 is 1.04 bits per heavy atom. The molecule has 0 unspecified atom stereocenters. The normalized spacial score (nSPS) is 11.4. The number of benzene rings is 2. The molecule has 0 aliphatic carbocycles. The second kappa shape index (κ2) is 9.36. The lowest BCUT2D eigenvalue weighted by molar-refractivity contribution is -0.131. The summed E-state index contributed by atoms with van der Waals surface area (Å²) in [6, 6.07) is 15.2. The van der Waals surface area contributed by atoms with Crippen molar-refractivity contribution in [2.45, 2.75) is 32.2 Å². The van der Waals surface area contributed by atoms with E-state index in [1.807, 2.05) is 30.3 Å². The van der Waals surface area contributed by atoms with Crippen molar-refractivity contribution in [3.8, 4) is 5.75 Å².